The quantitative estimate of drug-likeness (QED) is 0.923. The fourth-order valence-corrected chi connectivity index (χ4v) is 2.74. The molecular formula is C17H22N4O2. The summed E-state index contributed by atoms with van der Waals surface area (Å²) in [5.74, 6) is 0. The standard InChI is InChI=1S/C17H22N4O2/c1-2-20(13-16-8-4-11-23-16)17(22)19-14-6-3-7-15(12-14)21-10-5-9-18-21/h3,5-7,9-10,12,16H,2,4,8,11,13H2,1H3,(H,19,22)/t16-/m1/s1. The molecule has 1 atom stereocenters. The molecule has 2 amide bonds. The molecule has 122 valence electrons. The van der Waals surface area contributed by atoms with Gasteiger partial charge in [-0.15, -0.1) is 0 Å². The molecule has 1 aliphatic rings. The summed E-state index contributed by atoms with van der Waals surface area (Å²) < 4.78 is 7.38. The normalized spacial score (nSPS) is 17.2. The third kappa shape index (κ3) is 3.90. The Morgan fingerprint density at radius 3 is 3.09 bits per heavy atom. The Kier molecular flexibility index (Phi) is 4.92. The highest BCUT2D eigenvalue weighted by molar-refractivity contribution is 5.89. The maximum atomic E-state index is 12.5. The van der Waals surface area contributed by atoms with Crippen molar-refractivity contribution in [3.05, 3.63) is 42.7 Å². The molecule has 0 bridgehead atoms. The predicted molar refractivity (Wildman–Crippen MR) is 88.8 cm³/mol. The topological polar surface area (TPSA) is 59.4 Å². The number of urea groups is 1. The second-order valence-corrected chi connectivity index (χ2v) is 5.60. The second kappa shape index (κ2) is 7.28. The largest absolute Gasteiger partial charge is 0.376 e. The molecule has 0 radical (unpaired) electrons. The summed E-state index contributed by atoms with van der Waals surface area (Å²) in [6, 6.07) is 9.41. The number of carbonyl (C=O) groups is 1. The molecular weight excluding hydrogens is 292 g/mol. The first-order valence-electron chi connectivity index (χ1n) is 8.04. The van der Waals surface area contributed by atoms with Gasteiger partial charge in [-0.25, -0.2) is 9.48 Å². The highest BCUT2D eigenvalue weighted by atomic mass is 16.5. The maximum Gasteiger partial charge on any atom is 0.321 e. The number of aromatic nitrogens is 2. The van der Waals surface area contributed by atoms with Gasteiger partial charge in [0.2, 0.25) is 0 Å². The van der Waals surface area contributed by atoms with Crippen molar-refractivity contribution in [2.45, 2.75) is 25.9 Å². The van der Waals surface area contributed by atoms with Crippen molar-refractivity contribution in [3.8, 4) is 5.69 Å². The minimum atomic E-state index is -0.0967. The molecule has 0 spiro atoms. The number of hydrogen-bond donors (Lipinski definition) is 1. The van der Waals surface area contributed by atoms with Crippen molar-refractivity contribution in [2.75, 3.05) is 25.0 Å². The Labute approximate surface area is 136 Å². The van der Waals surface area contributed by atoms with Crippen molar-refractivity contribution in [1.29, 1.82) is 0 Å². The average molecular weight is 314 g/mol. The Morgan fingerprint density at radius 1 is 1.48 bits per heavy atom. The van der Waals surface area contributed by atoms with E-state index in [1.807, 2.05) is 43.5 Å². The fraction of sp³-hybridized carbons (Fsp3) is 0.412. The highest BCUT2D eigenvalue weighted by Gasteiger charge is 2.21. The molecule has 0 aliphatic carbocycles. The smallest absolute Gasteiger partial charge is 0.321 e. The van der Waals surface area contributed by atoms with Crippen molar-refractivity contribution >= 4 is 11.7 Å². The van der Waals surface area contributed by atoms with Gasteiger partial charge in [-0.3, -0.25) is 0 Å². The zero-order chi connectivity index (χ0) is 16.1. The van der Waals surface area contributed by atoms with E-state index in [2.05, 4.69) is 10.4 Å². The van der Waals surface area contributed by atoms with Gasteiger partial charge >= 0.3 is 6.03 Å². The Morgan fingerprint density at radius 2 is 2.39 bits per heavy atom. The van der Waals surface area contributed by atoms with Gasteiger partial charge < -0.3 is 15.0 Å². The molecule has 1 aromatic carbocycles. The van der Waals surface area contributed by atoms with Crippen LogP contribution < -0.4 is 5.32 Å². The van der Waals surface area contributed by atoms with Crippen LogP contribution in [0.15, 0.2) is 42.7 Å². The van der Waals surface area contributed by atoms with Gasteiger partial charge in [-0.2, -0.15) is 5.10 Å². The van der Waals surface area contributed by atoms with Crippen molar-refractivity contribution in [2.24, 2.45) is 0 Å². The molecule has 1 saturated heterocycles. The van der Waals surface area contributed by atoms with Gasteiger partial charge in [0, 0.05) is 37.8 Å². The van der Waals surface area contributed by atoms with Crippen LogP contribution in [0.25, 0.3) is 5.69 Å². The van der Waals surface area contributed by atoms with Gasteiger partial charge in [-0.05, 0) is 44.0 Å². The summed E-state index contributed by atoms with van der Waals surface area (Å²) in [4.78, 5) is 14.3. The average Bonchev–Trinajstić information content (AvgIpc) is 3.26. The highest BCUT2D eigenvalue weighted by Crippen LogP contribution is 2.16. The van der Waals surface area contributed by atoms with E-state index < -0.39 is 0 Å². The molecule has 1 fully saturated rings. The monoisotopic (exact) mass is 314 g/mol. The second-order valence-electron chi connectivity index (χ2n) is 5.60. The molecule has 0 saturated carbocycles. The Bertz CT molecular complexity index is 636. The van der Waals surface area contributed by atoms with Crippen LogP contribution in [0.2, 0.25) is 0 Å². The third-order valence-electron chi connectivity index (χ3n) is 3.98. The number of hydrogen-bond acceptors (Lipinski definition) is 3. The molecule has 0 unspecified atom stereocenters. The van der Waals surface area contributed by atoms with E-state index in [4.69, 9.17) is 4.74 Å². The molecule has 23 heavy (non-hydrogen) atoms. The molecule has 6 nitrogen and oxygen atoms in total. The van der Waals surface area contributed by atoms with Crippen LogP contribution in [0.5, 0.6) is 0 Å². The number of ether oxygens (including phenoxy) is 1. The van der Waals surface area contributed by atoms with Crippen LogP contribution in [0.3, 0.4) is 0 Å². The first kappa shape index (κ1) is 15.6. The summed E-state index contributed by atoms with van der Waals surface area (Å²) in [6.45, 7) is 4.08. The minimum absolute atomic E-state index is 0.0967. The molecule has 6 heteroatoms. The molecule has 2 heterocycles. The lowest BCUT2D eigenvalue weighted by molar-refractivity contribution is 0.0849. The third-order valence-corrected chi connectivity index (χ3v) is 3.98. The lowest BCUT2D eigenvalue weighted by Crippen LogP contribution is -2.39. The number of amides is 2. The summed E-state index contributed by atoms with van der Waals surface area (Å²) in [6.07, 6.45) is 5.87. The van der Waals surface area contributed by atoms with E-state index in [1.165, 1.54) is 0 Å². The number of likely N-dealkylation sites (N-methyl/N-ethyl adjacent to an activating group) is 1. The predicted octanol–water partition coefficient (Wildman–Crippen LogP) is 2.91. The number of rotatable bonds is 5. The van der Waals surface area contributed by atoms with Gasteiger partial charge in [0.1, 0.15) is 0 Å². The van der Waals surface area contributed by atoms with E-state index in [0.29, 0.717) is 13.1 Å². The van der Waals surface area contributed by atoms with E-state index in [9.17, 15) is 4.79 Å². The van der Waals surface area contributed by atoms with Gasteiger partial charge in [0.05, 0.1) is 11.8 Å². The summed E-state index contributed by atoms with van der Waals surface area (Å²) in [5, 5.41) is 7.16. The van der Waals surface area contributed by atoms with Gasteiger partial charge in [-0.1, -0.05) is 6.07 Å². The zero-order valence-electron chi connectivity index (χ0n) is 13.3. The Balaban J connectivity index is 1.65. The van der Waals surface area contributed by atoms with E-state index in [0.717, 1.165) is 30.8 Å². The molecule has 1 aromatic heterocycles. The SMILES string of the molecule is CCN(C[C@H]1CCCO1)C(=O)Nc1cccc(-n2cccn2)c1. The van der Waals surface area contributed by atoms with Gasteiger partial charge in [0.15, 0.2) is 0 Å². The lowest BCUT2D eigenvalue weighted by Gasteiger charge is -2.24. The molecule has 1 N–H and O–H groups in total. The lowest BCUT2D eigenvalue weighted by atomic mass is 10.2. The summed E-state index contributed by atoms with van der Waals surface area (Å²) in [7, 11) is 0. The first-order valence-corrected chi connectivity index (χ1v) is 8.04. The number of benzene rings is 1. The number of nitrogens with one attached hydrogen (secondary N) is 1. The van der Waals surface area contributed by atoms with Crippen molar-refractivity contribution in [1.82, 2.24) is 14.7 Å². The fourth-order valence-electron chi connectivity index (χ4n) is 2.74. The van der Waals surface area contributed by atoms with Crippen LogP contribution in [0.1, 0.15) is 19.8 Å². The van der Waals surface area contributed by atoms with Gasteiger partial charge in [0.25, 0.3) is 0 Å². The van der Waals surface area contributed by atoms with Crippen LogP contribution >= 0.6 is 0 Å². The number of nitrogens with zero attached hydrogens (tertiary/aromatic N) is 3. The molecule has 3 rings (SSSR count). The first-order chi connectivity index (χ1) is 11.3. The molecule has 1 aliphatic heterocycles. The van der Waals surface area contributed by atoms with Crippen LogP contribution in [0.4, 0.5) is 10.5 Å². The number of anilines is 1. The van der Waals surface area contributed by atoms with Crippen LogP contribution in [-0.4, -0.2) is 46.5 Å². The molecule has 2 aromatic rings. The maximum absolute atomic E-state index is 12.5. The number of carbonyl (C=O) groups excluding carboxylic acids is 1. The minimum Gasteiger partial charge on any atom is -0.376 e. The Hall–Kier alpha value is -2.34. The van der Waals surface area contributed by atoms with E-state index >= 15 is 0 Å². The summed E-state index contributed by atoms with van der Waals surface area (Å²) in [5.41, 5.74) is 1.67. The van der Waals surface area contributed by atoms with Crippen molar-refractivity contribution < 1.29 is 9.53 Å². The summed E-state index contributed by atoms with van der Waals surface area (Å²) >= 11 is 0. The van der Waals surface area contributed by atoms with E-state index in [1.54, 1.807) is 15.8 Å². The zero-order valence-corrected chi connectivity index (χ0v) is 13.3. The van der Waals surface area contributed by atoms with E-state index in [-0.39, 0.29) is 12.1 Å². The van der Waals surface area contributed by atoms with Crippen LogP contribution in [-0.2, 0) is 4.74 Å². The van der Waals surface area contributed by atoms with Crippen LogP contribution in [0, 0.1) is 0 Å². The van der Waals surface area contributed by atoms with Crippen molar-refractivity contribution in [3.63, 3.8) is 0 Å².